The zero-order valence-corrected chi connectivity index (χ0v) is 34.8. The van der Waals surface area contributed by atoms with Gasteiger partial charge in [-0.1, -0.05) is 152 Å². The predicted octanol–water partition coefficient (Wildman–Crippen LogP) is 17.0. The first-order valence-electron chi connectivity index (χ1n) is 20.3. The average Bonchev–Trinajstić information content (AvgIpc) is 3.84. The van der Waals surface area contributed by atoms with Gasteiger partial charge in [0.05, 0.1) is 26.9 Å². The molecule has 60 heavy (non-hydrogen) atoms. The highest BCUT2D eigenvalue weighted by Crippen LogP contribution is 2.51. The van der Waals surface area contributed by atoms with Gasteiger partial charge in [-0.2, -0.15) is 0 Å². The minimum absolute atomic E-state index is 1.03. The summed E-state index contributed by atoms with van der Waals surface area (Å²) in [4.78, 5) is 2.44. The van der Waals surface area contributed by atoms with Crippen LogP contribution in [0.15, 0.2) is 217 Å². The van der Waals surface area contributed by atoms with Gasteiger partial charge in [0, 0.05) is 42.3 Å². The largest absolute Gasteiger partial charge is 0.309 e. The summed E-state index contributed by atoms with van der Waals surface area (Å²) in [7, 11) is 0. The van der Waals surface area contributed by atoms with Crippen LogP contribution in [0.5, 0.6) is 0 Å². The number of nitrogens with zero attached hydrogens (tertiary/aromatic N) is 2. The number of halogens is 1. The van der Waals surface area contributed by atoms with E-state index in [4.69, 9.17) is 0 Å². The molecule has 0 unspecified atom stereocenters. The quantitative estimate of drug-likeness (QED) is 0.162. The Labute approximate surface area is 359 Å². The van der Waals surface area contributed by atoms with Gasteiger partial charge in [0.15, 0.2) is 0 Å². The van der Waals surface area contributed by atoms with Crippen molar-refractivity contribution in [1.29, 1.82) is 0 Å². The highest BCUT2D eigenvalue weighted by atomic mass is 79.9. The van der Waals surface area contributed by atoms with E-state index in [0.717, 1.165) is 38.3 Å². The zero-order valence-electron chi connectivity index (χ0n) is 32.4. The van der Waals surface area contributed by atoms with Gasteiger partial charge in [0.25, 0.3) is 0 Å². The normalized spacial score (nSPS) is 11.8. The SMILES string of the molecule is Brc1c(N(c2ccc3ccccc3c2)c2ccc3ccccc3c2)cc2sc3ccccc3c2c1-n1c2ccc(-c3ccccc3)cc2c2cc(-c3ccccc3)ccc21. The molecule has 2 heterocycles. The van der Waals surface area contributed by atoms with Crippen LogP contribution in [0.4, 0.5) is 17.1 Å². The summed E-state index contributed by atoms with van der Waals surface area (Å²) in [5, 5.41) is 9.76. The van der Waals surface area contributed by atoms with E-state index in [1.165, 1.54) is 74.7 Å². The maximum atomic E-state index is 4.41. The summed E-state index contributed by atoms with van der Waals surface area (Å²) in [6.45, 7) is 0. The van der Waals surface area contributed by atoms with E-state index in [1.54, 1.807) is 0 Å². The van der Waals surface area contributed by atoms with Gasteiger partial charge in [-0.05, 0) is 120 Å². The number of fused-ring (bicyclic) bond motifs is 8. The van der Waals surface area contributed by atoms with Crippen molar-refractivity contribution >= 4 is 108 Å². The first-order valence-corrected chi connectivity index (χ1v) is 21.9. The second kappa shape index (κ2) is 14.1. The molecule has 0 bridgehead atoms. The van der Waals surface area contributed by atoms with Gasteiger partial charge in [-0.3, -0.25) is 0 Å². The van der Waals surface area contributed by atoms with Crippen LogP contribution in [0.25, 0.3) is 91.5 Å². The lowest BCUT2D eigenvalue weighted by molar-refractivity contribution is 1.18. The maximum absolute atomic E-state index is 4.41. The molecule has 12 rings (SSSR count). The first-order chi connectivity index (χ1) is 29.7. The van der Waals surface area contributed by atoms with Crippen LogP contribution in [-0.4, -0.2) is 4.57 Å². The number of hydrogen-bond acceptors (Lipinski definition) is 2. The minimum atomic E-state index is 1.03. The lowest BCUT2D eigenvalue weighted by Gasteiger charge is -2.29. The fourth-order valence-corrected chi connectivity index (χ4v) is 11.0. The highest BCUT2D eigenvalue weighted by Gasteiger charge is 2.26. The summed E-state index contributed by atoms with van der Waals surface area (Å²) in [6, 6.07) is 77.6. The van der Waals surface area contributed by atoms with Crippen molar-refractivity contribution in [1.82, 2.24) is 4.57 Å². The van der Waals surface area contributed by atoms with Crippen molar-refractivity contribution < 1.29 is 0 Å². The molecule has 0 fully saturated rings. The average molecular weight is 848 g/mol. The van der Waals surface area contributed by atoms with Crippen molar-refractivity contribution in [3.05, 3.63) is 217 Å². The Morgan fingerprint density at radius 2 is 0.883 bits per heavy atom. The number of anilines is 3. The Morgan fingerprint density at radius 3 is 1.45 bits per heavy atom. The van der Waals surface area contributed by atoms with Gasteiger partial charge in [-0.15, -0.1) is 11.3 Å². The van der Waals surface area contributed by atoms with E-state index in [0.29, 0.717) is 0 Å². The second-order valence-electron chi connectivity index (χ2n) is 15.5. The van der Waals surface area contributed by atoms with Crippen LogP contribution in [0.3, 0.4) is 0 Å². The molecule has 0 atom stereocenters. The fourth-order valence-electron chi connectivity index (χ4n) is 9.14. The minimum Gasteiger partial charge on any atom is -0.309 e. The fraction of sp³-hybridized carbons (Fsp3) is 0. The van der Waals surface area contributed by atoms with Crippen LogP contribution in [0.1, 0.15) is 0 Å². The molecule has 0 spiro atoms. The molecule has 12 aromatic rings. The van der Waals surface area contributed by atoms with Crippen LogP contribution in [-0.2, 0) is 0 Å². The van der Waals surface area contributed by atoms with Gasteiger partial charge >= 0.3 is 0 Å². The number of aromatic nitrogens is 1. The molecule has 0 aliphatic rings. The number of rotatable bonds is 6. The lowest BCUT2D eigenvalue weighted by Crippen LogP contribution is -2.12. The van der Waals surface area contributed by atoms with Gasteiger partial charge in [-0.25, -0.2) is 0 Å². The summed E-state index contributed by atoms with van der Waals surface area (Å²) in [5.41, 5.74) is 11.5. The van der Waals surface area contributed by atoms with Crippen molar-refractivity contribution in [2.24, 2.45) is 0 Å². The molecular formula is C56H35BrN2S. The summed E-state index contributed by atoms with van der Waals surface area (Å²) >= 11 is 6.26. The Hall–Kier alpha value is -6.98. The Bertz CT molecular complexity index is 3450. The van der Waals surface area contributed by atoms with Crippen molar-refractivity contribution in [2.75, 3.05) is 4.90 Å². The first kappa shape index (κ1) is 35.0. The van der Waals surface area contributed by atoms with Gasteiger partial charge < -0.3 is 9.47 Å². The Balaban J connectivity index is 1.20. The molecule has 0 amide bonds. The Morgan fingerprint density at radius 1 is 0.383 bits per heavy atom. The van der Waals surface area contributed by atoms with E-state index in [9.17, 15) is 0 Å². The maximum Gasteiger partial charge on any atom is 0.0718 e. The molecule has 4 heteroatoms. The van der Waals surface area contributed by atoms with E-state index in [1.807, 2.05) is 11.3 Å². The predicted molar refractivity (Wildman–Crippen MR) is 262 cm³/mol. The zero-order chi connectivity index (χ0) is 39.7. The molecule has 0 radical (unpaired) electrons. The molecule has 0 N–H and O–H groups in total. The molecule has 2 aromatic heterocycles. The third-order valence-electron chi connectivity index (χ3n) is 12.0. The highest BCUT2D eigenvalue weighted by molar-refractivity contribution is 9.10. The smallest absolute Gasteiger partial charge is 0.0718 e. The molecule has 282 valence electrons. The molecule has 2 nitrogen and oxygen atoms in total. The van der Waals surface area contributed by atoms with Gasteiger partial charge in [0.1, 0.15) is 0 Å². The topological polar surface area (TPSA) is 8.17 Å². The lowest BCUT2D eigenvalue weighted by atomic mass is 10.0. The van der Waals surface area contributed by atoms with Gasteiger partial charge in [0.2, 0.25) is 0 Å². The standard InChI is InChI=1S/C56H35BrN2S/c57-55-51(58(44-27-23-38-17-7-9-19-40(38)31-44)45-28-24-39-18-8-10-20-41(39)32-45)35-53-54(46-21-11-12-22-52(46)60-53)56(55)59-49-29-25-42(36-13-3-1-4-14-36)33-47(49)48-34-43(26-30-50(48)59)37-15-5-2-6-16-37/h1-35H. The summed E-state index contributed by atoms with van der Waals surface area (Å²) in [6.07, 6.45) is 0. The van der Waals surface area contributed by atoms with E-state index < -0.39 is 0 Å². The van der Waals surface area contributed by atoms with E-state index in [-0.39, 0.29) is 0 Å². The molecule has 0 saturated carbocycles. The second-order valence-corrected chi connectivity index (χ2v) is 17.3. The monoisotopic (exact) mass is 846 g/mol. The molecular weight excluding hydrogens is 813 g/mol. The molecule has 10 aromatic carbocycles. The molecule has 0 aliphatic heterocycles. The summed E-state index contributed by atoms with van der Waals surface area (Å²) in [5.74, 6) is 0. The van der Waals surface area contributed by atoms with Crippen LogP contribution < -0.4 is 4.90 Å². The number of benzene rings is 10. The van der Waals surface area contributed by atoms with Crippen molar-refractivity contribution in [2.45, 2.75) is 0 Å². The van der Waals surface area contributed by atoms with E-state index >= 15 is 0 Å². The van der Waals surface area contributed by atoms with Crippen molar-refractivity contribution in [3.63, 3.8) is 0 Å². The number of thiophene rings is 1. The molecule has 0 saturated heterocycles. The Kier molecular flexibility index (Phi) is 8.22. The van der Waals surface area contributed by atoms with E-state index in [2.05, 4.69) is 238 Å². The van der Waals surface area contributed by atoms with Crippen LogP contribution >= 0.6 is 27.3 Å². The van der Waals surface area contributed by atoms with Crippen molar-refractivity contribution in [3.8, 4) is 27.9 Å². The van der Waals surface area contributed by atoms with Crippen LogP contribution in [0, 0.1) is 0 Å². The number of hydrogen-bond donors (Lipinski definition) is 0. The molecule has 0 aliphatic carbocycles. The van der Waals surface area contributed by atoms with Crippen LogP contribution in [0.2, 0.25) is 0 Å². The third-order valence-corrected chi connectivity index (χ3v) is 13.9. The third kappa shape index (κ3) is 5.67. The summed E-state index contributed by atoms with van der Waals surface area (Å²) < 4.78 is 6.03.